The Hall–Kier alpha value is -1.80. The summed E-state index contributed by atoms with van der Waals surface area (Å²) in [5, 5.41) is 15.5. The summed E-state index contributed by atoms with van der Waals surface area (Å²) in [6, 6.07) is 6.39. The van der Waals surface area contributed by atoms with E-state index in [1.807, 2.05) is 10.1 Å². The topological polar surface area (TPSA) is 56.5 Å². The van der Waals surface area contributed by atoms with E-state index < -0.39 is 0 Å². The number of thioether (sulfide) groups is 1. The zero-order valence-corrected chi connectivity index (χ0v) is 14.4. The van der Waals surface area contributed by atoms with Gasteiger partial charge in [-0.3, -0.25) is 0 Å². The molecule has 0 aliphatic rings. The number of hydrogen-bond acceptors (Lipinski definition) is 6. The Kier molecular flexibility index (Phi) is 5.02. The van der Waals surface area contributed by atoms with E-state index in [-0.39, 0.29) is 5.82 Å². The zero-order valence-electron chi connectivity index (χ0n) is 12.8. The summed E-state index contributed by atoms with van der Waals surface area (Å²) in [7, 11) is 0. The van der Waals surface area contributed by atoms with E-state index in [2.05, 4.69) is 34.4 Å². The molecule has 0 amide bonds. The van der Waals surface area contributed by atoms with Crippen LogP contribution in [0.25, 0.3) is 10.6 Å². The number of tetrazole rings is 1. The third-order valence-corrected chi connectivity index (χ3v) is 4.96. The molecule has 8 heteroatoms. The largest absolute Gasteiger partial charge is 0.240 e. The molecular formula is C15H16FN5S2. The van der Waals surface area contributed by atoms with Gasteiger partial charge in [0, 0.05) is 23.2 Å². The fourth-order valence-corrected chi connectivity index (χ4v) is 3.71. The third kappa shape index (κ3) is 4.14. The van der Waals surface area contributed by atoms with Crippen LogP contribution in [0.2, 0.25) is 0 Å². The first-order valence-electron chi connectivity index (χ1n) is 7.21. The molecule has 5 nitrogen and oxygen atoms in total. The second kappa shape index (κ2) is 7.18. The average Bonchev–Trinajstić information content (AvgIpc) is 3.15. The van der Waals surface area contributed by atoms with Gasteiger partial charge in [-0.15, -0.1) is 16.4 Å². The van der Waals surface area contributed by atoms with Crippen molar-refractivity contribution in [2.75, 3.05) is 0 Å². The Morgan fingerprint density at radius 3 is 2.78 bits per heavy atom. The maximum absolute atomic E-state index is 13.0. The van der Waals surface area contributed by atoms with Crippen LogP contribution in [0, 0.1) is 11.7 Å². The Morgan fingerprint density at radius 2 is 2.04 bits per heavy atom. The van der Waals surface area contributed by atoms with Crippen LogP contribution < -0.4 is 0 Å². The number of halogens is 1. The third-order valence-electron chi connectivity index (χ3n) is 3.03. The molecule has 0 radical (unpaired) electrons. The molecule has 0 saturated carbocycles. The van der Waals surface area contributed by atoms with Crippen LogP contribution in [0.15, 0.2) is 34.8 Å². The molecule has 0 bridgehead atoms. The van der Waals surface area contributed by atoms with Gasteiger partial charge < -0.3 is 0 Å². The fraction of sp³-hybridized carbons (Fsp3) is 0.333. The molecular weight excluding hydrogens is 333 g/mol. The standard InChI is InChI=1S/C15H16FN5S2/c1-10(2)7-21-15(18-19-20-21)23-9-13-8-22-14(17-13)11-3-5-12(16)6-4-11/h3-6,8,10H,7,9H2,1-2H3. The van der Waals surface area contributed by atoms with E-state index in [0.717, 1.165) is 28.0 Å². The van der Waals surface area contributed by atoms with E-state index >= 15 is 0 Å². The van der Waals surface area contributed by atoms with Crippen molar-refractivity contribution in [1.29, 1.82) is 0 Å². The Labute approximate surface area is 142 Å². The van der Waals surface area contributed by atoms with Crippen LogP contribution in [-0.4, -0.2) is 25.2 Å². The van der Waals surface area contributed by atoms with Crippen LogP contribution in [0.5, 0.6) is 0 Å². The number of nitrogens with zero attached hydrogens (tertiary/aromatic N) is 5. The second-order valence-electron chi connectivity index (χ2n) is 5.48. The van der Waals surface area contributed by atoms with Crippen molar-refractivity contribution in [3.05, 3.63) is 41.2 Å². The van der Waals surface area contributed by atoms with Crippen molar-refractivity contribution < 1.29 is 4.39 Å². The first kappa shape index (κ1) is 16.1. The molecule has 3 aromatic rings. The molecule has 0 aliphatic heterocycles. The summed E-state index contributed by atoms with van der Waals surface area (Å²) in [5.41, 5.74) is 1.90. The highest BCUT2D eigenvalue weighted by Crippen LogP contribution is 2.27. The highest BCUT2D eigenvalue weighted by molar-refractivity contribution is 7.98. The highest BCUT2D eigenvalue weighted by Gasteiger charge is 2.11. The van der Waals surface area contributed by atoms with Crippen LogP contribution in [0.4, 0.5) is 4.39 Å². The first-order valence-corrected chi connectivity index (χ1v) is 9.07. The van der Waals surface area contributed by atoms with Gasteiger partial charge in [-0.1, -0.05) is 25.6 Å². The molecule has 2 heterocycles. The monoisotopic (exact) mass is 349 g/mol. The average molecular weight is 349 g/mol. The van der Waals surface area contributed by atoms with Crippen molar-refractivity contribution in [3.8, 4) is 10.6 Å². The lowest BCUT2D eigenvalue weighted by molar-refractivity contribution is 0.446. The molecule has 0 aliphatic carbocycles. The van der Waals surface area contributed by atoms with Gasteiger partial charge in [-0.25, -0.2) is 14.1 Å². The van der Waals surface area contributed by atoms with Gasteiger partial charge in [-0.05, 0) is 40.6 Å². The highest BCUT2D eigenvalue weighted by atomic mass is 32.2. The molecule has 120 valence electrons. The Morgan fingerprint density at radius 1 is 1.26 bits per heavy atom. The maximum atomic E-state index is 13.0. The Bertz CT molecular complexity index is 766. The minimum Gasteiger partial charge on any atom is -0.240 e. The van der Waals surface area contributed by atoms with E-state index in [1.54, 1.807) is 35.2 Å². The van der Waals surface area contributed by atoms with Crippen molar-refractivity contribution in [1.82, 2.24) is 25.2 Å². The van der Waals surface area contributed by atoms with Gasteiger partial charge in [0.05, 0.1) is 5.69 Å². The van der Waals surface area contributed by atoms with Crippen LogP contribution in [-0.2, 0) is 12.3 Å². The van der Waals surface area contributed by atoms with Crippen molar-refractivity contribution >= 4 is 23.1 Å². The second-order valence-corrected chi connectivity index (χ2v) is 7.28. The number of benzene rings is 1. The van der Waals surface area contributed by atoms with Gasteiger partial charge in [0.1, 0.15) is 10.8 Å². The zero-order chi connectivity index (χ0) is 16.2. The quantitative estimate of drug-likeness (QED) is 0.632. The van der Waals surface area contributed by atoms with Gasteiger partial charge >= 0.3 is 0 Å². The van der Waals surface area contributed by atoms with E-state index in [0.29, 0.717) is 11.7 Å². The lowest BCUT2D eigenvalue weighted by Crippen LogP contribution is -2.07. The number of rotatable bonds is 6. The molecule has 0 fully saturated rings. The summed E-state index contributed by atoms with van der Waals surface area (Å²) in [6.07, 6.45) is 0. The molecule has 0 unspecified atom stereocenters. The van der Waals surface area contributed by atoms with Crippen LogP contribution in [0.3, 0.4) is 0 Å². The molecule has 0 saturated heterocycles. The minimum absolute atomic E-state index is 0.238. The lowest BCUT2D eigenvalue weighted by atomic mass is 10.2. The van der Waals surface area contributed by atoms with Gasteiger partial charge in [0.15, 0.2) is 0 Å². The fourth-order valence-electron chi connectivity index (χ4n) is 2.00. The molecule has 3 rings (SSSR count). The summed E-state index contributed by atoms with van der Waals surface area (Å²) in [6.45, 7) is 5.06. The van der Waals surface area contributed by atoms with E-state index in [1.165, 1.54) is 12.1 Å². The molecule has 2 aromatic heterocycles. The number of thiazole rings is 1. The van der Waals surface area contributed by atoms with E-state index in [4.69, 9.17) is 0 Å². The summed E-state index contributed by atoms with van der Waals surface area (Å²) < 4.78 is 14.8. The van der Waals surface area contributed by atoms with Crippen molar-refractivity contribution in [2.45, 2.75) is 31.3 Å². The molecule has 0 spiro atoms. The molecule has 1 aromatic carbocycles. The van der Waals surface area contributed by atoms with Gasteiger partial charge in [0.2, 0.25) is 5.16 Å². The SMILES string of the molecule is CC(C)Cn1nnnc1SCc1csc(-c2ccc(F)cc2)n1. The number of hydrogen-bond donors (Lipinski definition) is 0. The normalized spacial score (nSPS) is 11.3. The maximum Gasteiger partial charge on any atom is 0.209 e. The first-order chi connectivity index (χ1) is 11.1. The molecule has 0 N–H and O–H groups in total. The van der Waals surface area contributed by atoms with Crippen molar-refractivity contribution in [3.63, 3.8) is 0 Å². The molecule has 23 heavy (non-hydrogen) atoms. The predicted molar refractivity (Wildman–Crippen MR) is 89.7 cm³/mol. The minimum atomic E-state index is -0.238. The Balaban J connectivity index is 1.66. The van der Waals surface area contributed by atoms with E-state index in [9.17, 15) is 4.39 Å². The summed E-state index contributed by atoms with van der Waals surface area (Å²) >= 11 is 3.13. The van der Waals surface area contributed by atoms with Crippen LogP contribution in [0.1, 0.15) is 19.5 Å². The lowest BCUT2D eigenvalue weighted by Gasteiger charge is -2.05. The smallest absolute Gasteiger partial charge is 0.209 e. The summed E-state index contributed by atoms with van der Waals surface area (Å²) in [5.74, 6) is 0.955. The predicted octanol–water partition coefficient (Wildman–Crippen LogP) is 3.88. The van der Waals surface area contributed by atoms with Crippen LogP contribution >= 0.6 is 23.1 Å². The number of aromatic nitrogens is 5. The van der Waals surface area contributed by atoms with Crippen molar-refractivity contribution in [2.24, 2.45) is 5.92 Å². The molecule has 0 atom stereocenters. The van der Waals surface area contributed by atoms with Gasteiger partial charge in [-0.2, -0.15) is 0 Å². The summed E-state index contributed by atoms with van der Waals surface area (Å²) in [4.78, 5) is 4.60. The van der Waals surface area contributed by atoms with Gasteiger partial charge in [0.25, 0.3) is 0 Å².